The third kappa shape index (κ3) is 6.95. The molecule has 1 aliphatic carbocycles. The average molecular weight is 563 g/mol. The molecular formula is C27H35ClN4O7. The highest BCUT2D eigenvalue weighted by atomic mass is 35.5. The molecule has 1 aliphatic heterocycles. The maximum absolute atomic E-state index is 14.0. The minimum Gasteiger partial charge on any atom is -0.481 e. The molecule has 2 aliphatic rings. The number of carboxylic acids is 1. The number of nitrogens with one attached hydrogen (secondary N) is 3. The van der Waals surface area contributed by atoms with E-state index in [0.29, 0.717) is 24.8 Å². The number of halogens is 1. The molecule has 11 nitrogen and oxygen atoms in total. The van der Waals surface area contributed by atoms with Gasteiger partial charge in [-0.15, -0.1) is 0 Å². The summed E-state index contributed by atoms with van der Waals surface area (Å²) in [6.45, 7) is 7.08. The molecule has 1 saturated carbocycles. The molecule has 0 radical (unpaired) electrons. The lowest BCUT2D eigenvalue weighted by atomic mass is 9.84. The molecule has 5 atom stereocenters. The third-order valence-electron chi connectivity index (χ3n) is 7.20. The summed E-state index contributed by atoms with van der Waals surface area (Å²) >= 11 is 6.34. The number of fused-ring (bicyclic) bond motifs is 2. The van der Waals surface area contributed by atoms with Crippen LogP contribution >= 0.6 is 11.6 Å². The number of likely N-dealkylation sites (tertiary alicyclic amines) is 1. The van der Waals surface area contributed by atoms with Crippen LogP contribution in [0.25, 0.3) is 0 Å². The molecule has 1 unspecified atom stereocenters. The fraction of sp³-hybridized carbons (Fsp3) is 0.556. The molecule has 3 rings (SSSR count). The number of aliphatic carboxylic acids is 1. The fourth-order valence-corrected chi connectivity index (χ4v) is 5.53. The van der Waals surface area contributed by atoms with Gasteiger partial charge in [0.1, 0.15) is 18.4 Å². The summed E-state index contributed by atoms with van der Waals surface area (Å²) in [5, 5.41) is 17.0. The van der Waals surface area contributed by atoms with E-state index >= 15 is 0 Å². The average Bonchev–Trinajstić information content (AvgIpc) is 3.47. The van der Waals surface area contributed by atoms with Crippen LogP contribution in [0, 0.1) is 11.3 Å². The molecule has 0 spiro atoms. The maximum atomic E-state index is 14.0. The van der Waals surface area contributed by atoms with Gasteiger partial charge in [-0.25, -0.2) is 0 Å². The summed E-state index contributed by atoms with van der Waals surface area (Å²) in [5.41, 5.74) is -0.190. The third-order valence-corrected chi connectivity index (χ3v) is 7.51. The van der Waals surface area contributed by atoms with Crippen molar-refractivity contribution in [3.63, 3.8) is 0 Å². The van der Waals surface area contributed by atoms with Gasteiger partial charge in [-0.05, 0) is 48.8 Å². The fourth-order valence-electron chi connectivity index (χ4n) is 5.27. The number of carbonyl (C=O) groups excluding carboxylic acids is 5. The summed E-state index contributed by atoms with van der Waals surface area (Å²) in [5.74, 6) is -3.18. The van der Waals surface area contributed by atoms with Gasteiger partial charge in [-0.1, -0.05) is 39.3 Å². The van der Waals surface area contributed by atoms with E-state index in [1.54, 1.807) is 33.8 Å². The lowest BCUT2D eigenvalue weighted by Crippen LogP contribution is -2.61. The lowest BCUT2D eigenvalue weighted by molar-refractivity contribution is -0.147. The first-order valence-corrected chi connectivity index (χ1v) is 13.3. The van der Waals surface area contributed by atoms with Crippen molar-refractivity contribution < 1.29 is 33.9 Å². The number of carboxylic acid groups (broad SMARTS) is 1. The Kier molecular flexibility index (Phi) is 9.37. The first-order valence-electron chi connectivity index (χ1n) is 13.0. The molecule has 212 valence electrons. The highest BCUT2D eigenvalue weighted by Gasteiger charge is 2.53. The largest absolute Gasteiger partial charge is 0.481 e. The van der Waals surface area contributed by atoms with Gasteiger partial charge in [0.25, 0.3) is 5.91 Å². The second-order valence-electron chi connectivity index (χ2n) is 11.1. The molecular weight excluding hydrogens is 528 g/mol. The van der Waals surface area contributed by atoms with Crippen LogP contribution in [0.5, 0.6) is 0 Å². The van der Waals surface area contributed by atoms with E-state index in [1.807, 2.05) is 0 Å². The van der Waals surface area contributed by atoms with Crippen molar-refractivity contribution in [1.82, 2.24) is 15.5 Å². The molecule has 1 saturated heterocycles. The van der Waals surface area contributed by atoms with Crippen molar-refractivity contribution in [1.29, 1.82) is 0 Å². The van der Waals surface area contributed by atoms with E-state index in [1.165, 1.54) is 17.0 Å². The number of anilines is 1. The molecule has 4 N–H and O–H groups in total. The quantitative estimate of drug-likeness (QED) is 0.318. The summed E-state index contributed by atoms with van der Waals surface area (Å²) in [6, 6.07) is 1.15. The molecule has 12 heteroatoms. The van der Waals surface area contributed by atoms with Gasteiger partial charge in [-0.3, -0.25) is 24.0 Å². The Hall–Kier alpha value is -3.47. The number of amides is 4. The molecule has 4 amide bonds. The first kappa shape index (κ1) is 30.1. The second kappa shape index (κ2) is 12.1. The number of hydrogen-bond donors (Lipinski definition) is 4. The molecule has 1 heterocycles. The number of rotatable bonds is 10. The smallest absolute Gasteiger partial charge is 0.305 e. The molecule has 1 aromatic rings. The van der Waals surface area contributed by atoms with E-state index in [9.17, 15) is 28.8 Å². The SMILES string of the molecule is CCC(=O)Nc1ccc(C(=O)N[C@H](C(=O)N2[C@H]3CC[C@@H](C3)[C@H]2C(=O)NC(C=O)CC(=O)O)C(C)(C)C)c(Cl)c1. The molecule has 0 aromatic heterocycles. The minimum atomic E-state index is -1.23. The maximum Gasteiger partial charge on any atom is 0.305 e. The summed E-state index contributed by atoms with van der Waals surface area (Å²) < 4.78 is 0. The summed E-state index contributed by atoms with van der Waals surface area (Å²) in [7, 11) is 0. The van der Waals surface area contributed by atoms with Gasteiger partial charge >= 0.3 is 5.97 Å². The van der Waals surface area contributed by atoms with Gasteiger partial charge in [0.05, 0.1) is 23.0 Å². The van der Waals surface area contributed by atoms with Crippen molar-refractivity contribution in [3.05, 3.63) is 28.8 Å². The molecule has 2 fully saturated rings. The van der Waals surface area contributed by atoms with Gasteiger partial charge in [0.2, 0.25) is 17.7 Å². The predicted molar refractivity (Wildman–Crippen MR) is 143 cm³/mol. The summed E-state index contributed by atoms with van der Waals surface area (Å²) in [4.78, 5) is 76.0. The zero-order chi connectivity index (χ0) is 29.1. The molecule has 39 heavy (non-hydrogen) atoms. The topological polar surface area (TPSA) is 162 Å². The van der Waals surface area contributed by atoms with E-state index in [-0.39, 0.29) is 34.9 Å². The van der Waals surface area contributed by atoms with E-state index in [0.717, 1.165) is 6.42 Å². The standard InChI is InChI=1S/C27H35ClN4O7/c1-5-20(34)29-15-7-9-18(19(28)11-15)24(37)31-23(27(2,3)4)26(39)32-17-8-6-14(10-17)22(32)25(38)30-16(13-33)12-21(35)36/h7,9,11,13-14,16-17,22-23H,5-6,8,10,12H2,1-4H3,(H,29,34)(H,30,38)(H,31,37)(H,35,36)/t14-,16?,17-,22-,23+/m0/s1. The van der Waals surface area contributed by atoms with Crippen molar-refractivity contribution in [2.24, 2.45) is 11.3 Å². The highest BCUT2D eigenvalue weighted by molar-refractivity contribution is 6.34. The van der Waals surface area contributed by atoms with Crippen LogP contribution in [0.2, 0.25) is 5.02 Å². The normalized spacial score (nSPS) is 21.6. The Balaban J connectivity index is 1.83. The van der Waals surface area contributed by atoms with Gasteiger partial charge in [-0.2, -0.15) is 0 Å². The number of carbonyl (C=O) groups is 6. The van der Waals surface area contributed by atoms with Gasteiger partial charge < -0.3 is 30.8 Å². The number of aldehydes is 1. The zero-order valence-corrected chi connectivity index (χ0v) is 23.2. The van der Waals surface area contributed by atoms with Crippen LogP contribution in [0.4, 0.5) is 5.69 Å². The van der Waals surface area contributed by atoms with Crippen molar-refractivity contribution in [2.45, 2.75) is 84.0 Å². The van der Waals surface area contributed by atoms with Crippen molar-refractivity contribution in [2.75, 3.05) is 5.32 Å². The van der Waals surface area contributed by atoms with Crippen LogP contribution in [0.15, 0.2) is 18.2 Å². The van der Waals surface area contributed by atoms with E-state index < -0.39 is 53.7 Å². The predicted octanol–water partition coefficient (Wildman–Crippen LogP) is 2.37. The van der Waals surface area contributed by atoms with Crippen LogP contribution < -0.4 is 16.0 Å². The van der Waals surface area contributed by atoms with Crippen LogP contribution in [-0.2, 0) is 24.0 Å². The van der Waals surface area contributed by atoms with Crippen LogP contribution in [0.1, 0.15) is 70.2 Å². The highest BCUT2D eigenvalue weighted by Crippen LogP contribution is 2.43. The first-order chi connectivity index (χ1) is 18.3. The van der Waals surface area contributed by atoms with E-state index in [4.69, 9.17) is 16.7 Å². The monoisotopic (exact) mass is 562 g/mol. The Labute approximate surface area is 232 Å². The van der Waals surface area contributed by atoms with Crippen LogP contribution in [-0.4, -0.2) is 70.1 Å². The number of nitrogens with zero attached hydrogens (tertiary/aromatic N) is 1. The molecule has 1 aromatic carbocycles. The Morgan fingerprint density at radius 2 is 1.85 bits per heavy atom. The Morgan fingerprint density at radius 3 is 2.41 bits per heavy atom. The Morgan fingerprint density at radius 1 is 1.15 bits per heavy atom. The number of benzene rings is 1. The minimum absolute atomic E-state index is 0.0948. The number of hydrogen-bond acceptors (Lipinski definition) is 6. The van der Waals surface area contributed by atoms with Crippen LogP contribution in [0.3, 0.4) is 0 Å². The van der Waals surface area contributed by atoms with Crippen molar-refractivity contribution in [3.8, 4) is 0 Å². The summed E-state index contributed by atoms with van der Waals surface area (Å²) in [6.07, 6.45) is 2.12. The van der Waals surface area contributed by atoms with Gasteiger partial charge in [0, 0.05) is 18.2 Å². The van der Waals surface area contributed by atoms with E-state index in [2.05, 4.69) is 16.0 Å². The van der Waals surface area contributed by atoms with Gasteiger partial charge in [0.15, 0.2) is 0 Å². The molecule has 2 bridgehead atoms. The second-order valence-corrected chi connectivity index (χ2v) is 11.5. The lowest BCUT2D eigenvalue weighted by Gasteiger charge is -2.40. The van der Waals surface area contributed by atoms with Crippen molar-refractivity contribution >= 4 is 53.2 Å². The zero-order valence-electron chi connectivity index (χ0n) is 22.5. The Bertz CT molecular complexity index is 1170. The number of piperidine rings is 1.